The predicted octanol–water partition coefficient (Wildman–Crippen LogP) is 2.47. The molecular weight excluding hydrogens is 272 g/mol. The van der Waals surface area contributed by atoms with E-state index in [0.29, 0.717) is 5.57 Å². The SMILES string of the molecule is CN1N=C(C(C)(C)C)C(=Cc2ncc(N(C)C)s2)C1=O. The second-order valence-electron chi connectivity index (χ2n) is 6.02. The molecule has 0 aliphatic carbocycles. The maximum absolute atomic E-state index is 12.2. The lowest BCUT2D eigenvalue weighted by Crippen LogP contribution is -2.22. The van der Waals surface area contributed by atoms with E-state index in [9.17, 15) is 4.79 Å². The summed E-state index contributed by atoms with van der Waals surface area (Å²) in [4.78, 5) is 18.6. The van der Waals surface area contributed by atoms with E-state index in [1.54, 1.807) is 18.4 Å². The molecule has 0 unspecified atom stereocenters. The van der Waals surface area contributed by atoms with Crippen molar-refractivity contribution in [3.05, 3.63) is 16.8 Å². The molecule has 20 heavy (non-hydrogen) atoms. The van der Waals surface area contributed by atoms with Crippen LogP contribution in [0.2, 0.25) is 0 Å². The monoisotopic (exact) mass is 292 g/mol. The molecule has 1 aliphatic heterocycles. The molecule has 0 bridgehead atoms. The van der Waals surface area contributed by atoms with E-state index in [1.807, 2.05) is 31.3 Å². The second-order valence-corrected chi connectivity index (χ2v) is 7.06. The maximum atomic E-state index is 12.2. The molecule has 1 aromatic rings. The Morgan fingerprint density at radius 1 is 1.35 bits per heavy atom. The van der Waals surface area contributed by atoms with E-state index >= 15 is 0 Å². The summed E-state index contributed by atoms with van der Waals surface area (Å²) in [5.41, 5.74) is 1.28. The van der Waals surface area contributed by atoms with Gasteiger partial charge in [-0.05, 0) is 6.08 Å². The summed E-state index contributed by atoms with van der Waals surface area (Å²) in [6.07, 6.45) is 3.65. The molecule has 6 heteroatoms. The van der Waals surface area contributed by atoms with Crippen LogP contribution < -0.4 is 4.90 Å². The molecule has 108 valence electrons. The number of amides is 1. The molecule has 0 saturated heterocycles. The number of nitrogens with zero attached hydrogens (tertiary/aromatic N) is 4. The quantitative estimate of drug-likeness (QED) is 0.787. The fraction of sp³-hybridized carbons (Fsp3) is 0.500. The molecule has 0 spiro atoms. The number of aromatic nitrogens is 1. The van der Waals surface area contributed by atoms with Gasteiger partial charge in [-0.25, -0.2) is 9.99 Å². The van der Waals surface area contributed by atoms with Gasteiger partial charge >= 0.3 is 0 Å². The molecule has 1 aliphatic rings. The van der Waals surface area contributed by atoms with Crippen LogP contribution in [0.25, 0.3) is 6.08 Å². The molecule has 0 aromatic carbocycles. The fourth-order valence-corrected chi connectivity index (χ4v) is 2.67. The number of hydrogen-bond acceptors (Lipinski definition) is 5. The summed E-state index contributed by atoms with van der Waals surface area (Å²) in [6.45, 7) is 6.16. The lowest BCUT2D eigenvalue weighted by Gasteiger charge is -2.17. The summed E-state index contributed by atoms with van der Waals surface area (Å²) in [5.74, 6) is -0.0727. The van der Waals surface area contributed by atoms with Gasteiger partial charge in [0.2, 0.25) is 0 Å². The number of anilines is 1. The number of thiazole rings is 1. The van der Waals surface area contributed by atoms with E-state index in [1.165, 1.54) is 5.01 Å². The van der Waals surface area contributed by atoms with Gasteiger partial charge in [0.1, 0.15) is 10.0 Å². The van der Waals surface area contributed by atoms with E-state index in [0.717, 1.165) is 15.7 Å². The van der Waals surface area contributed by atoms with Crippen molar-refractivity contribution in [3.8, 4) is 0 Å². The first-order valence-corrected chi connectivity index (χ1v) is 7.24. The predicted molar refractivity (Wildman–Crippen MR) is 84.1 cm³/mol. The zero-order valence-electron chi connectivity index (χ0n) is 12.8. The summed E-state index contributed by atoms with van der Waals surface area (Å²) in [7, 11) is 5.63. The van der Waals surface area contributed by atoms with Crippen LogP contribution in [-0.2, 0) is 4.79 Å². The highest BCUT2D eigenvalue weighted by Gasteiger charge is 2.34. The van der Waals surface area contributed by atoms with Gasteiger partial charge in [0.15, 0.2) is 0 Å². The van der Waals surface area contributed by atoms with E-state index in [-0.39, 0.29) is 11.3 Å². The highest BCUT2D eigenvalue weighted by molar-refractivity contribution is 7.16. The normalized spacial score (nSPS) is 17.9. The van der Waals surface area contributed by atoms with Gasteiger partial charge in [-0.15, -0.1) is 0 Å². The van der Waals surface area contributed by atoms with Gasteiger partial charge in [0.05, 0.1) is 17.5 Å². The van der Waals surface area contributed by atoms with Crippen LogP contribution in [0.5, 0.6) is 0 Å². The Bertz CT molecular complexity index is 593. The lowest BCUT2D eigenvalue weighted by molar-refractivity contribution is -0.124. The first kappa shape index (κ1) is 14.7. The molecule has 0 radical (unpaired) electrons. The summed E-state index contributed by atoms with van der Waals surface area (Å²) in [6, 6.07) is 0. The molecule has 0 atom stereocenters. The highest BCUT2D eigenvalue weighted by Crippen LogP contribution is 2.30. The van der Waals surface area contributed by atoms with Crippen molar-refractivity contribution in [2.45, 2.75) is 20.8 Å². The molecule has 0 saturated carbocycles. The van der Waals surface area contributed by atoms with Crippen LogP contribution in [0.15, 0.2) is 16.9 Å². The molecule has 0 N–H and O–H groups in total. The number of carbonyl (C=O) groups is 1. The van der Waals surface area contributed by atoms with Gasteiger partial charge in [0, 0.05) is 26.6 Å². The first-order valence-electron chi connectivity index (χ1n) is 6.42. The van der Waals surface area contributed by atoms with Gasteiger partial charge in [0.25, 0.3) is 5.91 Å². The Balaban J connectivity index is 2.40. The van der Waals surface area contributed by atoms with Gasteiger partial charge in [-0.2, -0.15) is 5.10 Å². The smallest absolute Gasteiger partial charge is 0.275 e. The average Bonchev–Trinajstić information content (AvgIpc) is 2.89. The van der Waals surface area contributed by atoms with Gasteiger partial charge in [-0.3, -0.25) is 4.79 Å². The first-order chi connectivity index (χ1) is 9.20. The third-order valence-electron chi connectivity index (χ3n) is 2.96. The van der Waals surface area contributed by atoms with Crippen LogP contribution in [-0.4, -0.2) is 42.8 Å². The van der Waals surface area contributed by atoms with Crippen molar-refractivity contribution in [1.29, 1.82) is 0 Å². The standard InChI is InChI=1S/C14H20N4OS/c1-14(2,3)12-9(13(19)18(6)16-12)7-10-15-8-11(20-10)17(4)5/h7-8H,1-6H3. The van der Waals surface area contributed by atoms with Crippen molar-refractivity contribution in [3.63, 3.8) is 0 Å². The van der Waals surface area contributed by atoms with Crippen molar-refractivity contribution in [2.75, 3.05) is 26.0 Å². The van der Waals surface area contributed by atoms with E-state index in [4.69, 9.17) is 0 Å². The minimum absolute atomic E-state index is 0.0727. The summed E-state index contributed by atoms with van der Waals surface area (Å²) >= 11 is 1.56. The Morgan fingerprint density at radius 2 is 2.00 bits per heavy atom. The topological polar surface area (TPSA) is 48.8 Å². The summed E-state index contributed by atoms with van der Waals surface area (Å²) in [5, 5.41) is 7.64. The van der Waals surface area contributed by atoms with Crippen LogP contribution in [0, 0.1) is 5.41 Å². The number of rotatable bonds is 2. The highest BCUT2D eigenvalue weighted by atomic mass is 32.1. The fourth-order valence-electron chi connectivity index (χ4n) is 1.88. The van der Waals surface area contributed by atoms with E-state index < -0.39 is 0 Å². The zero-order valence-corrected chi connectivity index (χ0v) is 13.6. The molecule has 2 heterocycles. The van der Waals surface area contributed by atoms with Crippen molar-refractivity contribution >= 4 is 34.0 Å². The minimum atomic E-state index is -0.173. The molecular formula is C14H20N4OS. The molecule has 1 aromatic heterocycles. The minimum Gasteiger partial charge on any atom is -0.368 e. The number of hydrogen-bond donors (Lipinski definition) is 0. The third-order valence-corrected chi connectivity index (χ3v) is 4.07. The van der Waals surface area contributed by atoms with Crippen molar-refractivity contribution < 1.29 is 4.79 Å². The molecule has 1 amide bonds. The molecule has 0 fully saturated rings. The number of carbonyl (C=O) groups excluding carboxylic acids is 1. The van der Waals surface area contributed by atoms with Crippen LogP contribution in [0.1, 0.15) is 25.8 Å². The zero-order chi connectivity index (χ0) is 15.1. The second kappa shape index (κ2) is 5.01. The van der Waals surface area contributed by atoms with Gasteiger partial charge in [-0.1, -0.05) is 32.1 Å². The third kappa shape index (κ3) is 2.75. The van der Waals surface area contributed by atoms with Gasteiger partial charge < -0.3 is 4.90 Å². The summed E-state index contributed by atoms with van der Waals surface area (Å²) < 4.78 is 0. The Labute approximate surface area is 123 Å². The lowest BCUT2D eigenvalue weighted by atomic mass is 9.85. The van der Waals surface area contributed by atoms with Crippen LogP contribution in [0.4, 0.5) is 5.00 Å². The number of hydrazone groups is 1. The average molecular weight is 292 g/mol. The van der Waals surface area contributed by atoms with Crippen LogP contribution >= 0.6 is 11.3 Å². The molecule has 5 nitrogen and oxygen atoms in total. The van der Waals surface area contributed by atoms with Crippen LogP contribution in [0.3, 0.4) is 0 Å². The number of likely N-dealkylation sites (N-methyl/N-ethyl adjacent to an activating group) is 1. The van der Waals surface area contributed by atoms with Crippen molar-refractivity contribution in [2.24, 2.45) is 10.5 Å². The largest absolute Gasteiger partial charge is 0.368 e. The Morgan fingerprint density at radius 3 is 2.50 bits per heavy atom. The maximum Gasteiger partial charge on any atom is 0.275 e. The Kier molecular flexibility index (Phi) is 3.69. The van der Waals surface area contributed by atoms with E-state index in [2.05, 4.69) is 30.9 Å². The Hall–Kier alpha value is -1.69. The molecule has 2 rings (SSSR count). The van der Waals surface area contributed by atoms with Crippen molar-refractivity contribution in [1.82, 2.24) is 9.99 Å².